The number of hydrogen-bond donors (Lipinski definition) is 1. The molecule has 0 aliphatic rings. The lowest BCUT2D eigenvalue weighted by atomic mass is 9.98. The van der Waals surface area contributed by atoms with Crippen molar-refractivity contribution in [3.8, 4) is 17.0 Å². The molecule has 29 heavy (non-hydrogen) atoms. The highest BCUT2D eigenvalue weighted by atomic mass is 16.6. The Morgan fingerprint density at radius 2 is 1.93 bits per heavy atom. The van der Waals surface area contributed by atoms with E-state index in [4.69, 9.17) is 9.37 Å². The van der Waals surface area contributed by atoms with Gasteiger partial charge in [-0.2, -0.15) is 0 Å². The molecule has 1 amide bonds. The van der Waals surface area contributed by atoms with E-state index in [1.54, 1.807) is 6.92 Å². The van der Waals surface area contributed by atoms with Gasteiger partial charge in [-0.25, -0.2) is 4.63 Å². The summed E-state index contributed by atoms with van der Waals surface area (Å²) in [5.41, 5.74) is 5.88. The second-order valence-electron chi connectivity index (χ2n) is 7.11. The molecule has 1 atom stereocenters. The number of benzene rings is 2. The van der Waals surface area contributed by atoms with Gasteiger partial charge >= 0.3 is 0 Å². The molecule has 0 spiro atoms. The fraction of sp³-hybridized carbons (Fsp3) is 0.348. The number of rotatable bonds is 7. The molecule has 3 aromatic rings. The molecule has 1 N–H and O–H groups in total. The third kappa shape index (κ3) is 4.47. The molecule has 152 valence electrons. The number of aryl methyl sites for hydroxylation is 3. The summed E-state index contributed by atoms with van der Waals surface area (Å²) >= 11 is 0. The van der Waals surface area contributed by atoms with Gasteiger partial charge in [0.25, 0.3) is 5.91 Å². The van der Waals surface area contributed by atoms with Gasteiger partial charge in [-0.3, -0.25) is 4.79 Å². The smallest absolute Gasteiger partial charge is 0.266 e. The van der Waals surface area contributed by atoms with Crippen molar-refractivity contribution in [3.63, 3.8) is 0 Å². The maximum absolute atomic E-state index is 12.7. The van der Waals surface area contributed by atoms with Gasteiger partial charge in [0.2, 0.25) is 5.82 Å². The molecule has 0 saturated carbocycles. The normalized spacial score (nSPS) is 11.9. The summed E-state index contributed by atoms with van der Waals surface area (Å²) < 4.78 is 10.8. The molecular formula is C23H27N3O3. The van der Waals surface area contributed by atoms with Crippen molar-refractivity contribution in [2.24, 2.45) is 0 Å². The van der Waals surface area contributed by atoms with Gasteiger partial charge in [0.15, 0.2) is 11.8 Å². The summed E-state index contributed by atoms with van der Waals surface area (Å²) in [6, 6.07) is 12.0. The highest BCUT2D eigenvalue weighted by Crippen LogP contribution is 2.30. The fourth-order valence-electron chi connectivity index (χ4n) is 3.13. The van der Waals surface area contributed by atoms with Crippen LogP contribution in [0.15, 0.2) is 41.0 Å². The lowest BCUT2D eigenvalue weighted by Gasteiger charge is -2.16. The molecule has 6 heteroatoms. The van der Waals surface area contributed by atoms with E-state index < -0.39 is 6.10 Å². The van der Waals surface area contributed by atoms with Gasteiger partial charge in [-0.15, -0.1) is 0 Å². The summed E-state index contributed by atoms with van der Waals surface area (Å²) in [5.74, 6) is 0.678. The van der Waals surface area contributed by atoms with Crippen LogP contribution in [-0.4, -0.2) is 22.3 Å². The first-order valence-corrected chi connectivity index (χ1v) is 9.93. The van der Waals surface area contributed by atoms with Crippen LogP contribution in [0.25, 0.3) is 11.3 Å². The Morgan fingerprint density at radius 1 is 1.14 bits per heavy atom. The minimum absolute atomic E-state index is 0.300. The Balaban J connectivity index is 1.81. The van der Waals surface area contributed by atoms with E-state index in [0.717, 1.165) is 35.1 Å². The highest BCUT2D eigenvalue weighted by Gasteiger charge is 2.22. The minimum Gasteiger partial charge on any atom is -0.481 e. The molecule has 0 aliphatic heterocycles. The van der Waals surface area contributed by atoms with Gasteiger partial charge in [-0.05, 0) is 78.3 Å². The Morgan fingerprint density at radius 3 is 2.66 bits per heavy atom. The van der Waals surface area contributed by atoms with Crippen LogP contribution in [0.3, 0.4) is 0 Å². The molecule has 0 radical (unpaired) electrons. The SMILES string of the molecule is CCc1ccc(CC)c(-c2nonc2NC(=O)C(C)Oc2cccc(C)c2C)c1. The fourth-order valence-corrected chi connectivity index (χ4v) is 3.13. The Hall–Kier alpha value is -3.15. The van der Waals surface area contributed by atoms with Crippen molar-refractivity contribution in [2.45, 2.75) is 53.6 Å². The lowest BCUT2D eigenvalue weighted by molar-refractivity contribution is -0.122. The van der Waals surface area contributed by atoms with E-state index in [0.29, 0.717) is 17.3 Å². The quantitative estimate of drug-likeness (QED) is 0.619. The van der Waals surface area contributed by atoms with Gasteiger partial charge in [-0.1, -0.05) is 38.1 Å². The summed E-state index contributed by atoms with van der Waals surface area (Å²) in [4.78, 5) is 12.7. The van der Waals surface area contributed by atoms with Gasteiger partial charge in [0.1, 0.15) is 5.75 Å². The van der Waals surface area contributed by atoms with Gasteiger partial charge < -0.3 is 10.1 Å². The average molecular weight is 393 g/mol. The molecule has 1 aromatic heterocycles. The van der Waals surface area contributed by atoms with Crippen molar-refractivity contribution >= 4 is 11.7 Å². The Bertz CT molecular complexity index is 1010. The number of anilines is 1. The van der Waals surface area contributed by atoms with Crippen LogP contribution in [0.1, 0.15) is 43.0 Å². The van der Waals surface area contributed by atoms with Crippen molar-refractivity contribution in [1.82, 2.24) is 10.3 Å². The molecular weight excluding hydrogens is 366 g/mol. The van der Waals surface area contributed by atoms with Crippen molar-refractivity contribution in [2.75, 3.05) is 5.32 Å². The highest BCUT2D eigenvalue weighted by molar-refractivity contribution is 5.96. The number of carbonyl (C=O) groups excluding carboxylic acids is 1. The monoisotopic (exact) mass is 393 g/mol. The van der Waals surface area contributed by atoms with Crippen LogP contribution < -0.4 is 10.1 Å². The first-order valence-electron chi connectivity index (χ1n) is 9.93. The van der Waals surface area contributed by atoms with Crippen LogP contribution in [0, 0.1) is 13.8 Å². The van der Waals surface area contributed by atoms with E-state index in [2.05, 4.69) is 47.7 Å². The molecule has 0 saturated heterocycles. The predicted octanol–water partition coefficient (Wildman–Crippen LogP) is 4.88. The topological polar surface area (TPSA) is 77.3 Å². The summed E-state index contributed by atoms with van der Waals surface area (Å²) in [6.45, 7) is 9.87. The molecule has 1 heterocycles. The molecule has 0 aliphatic carbocycles. The van der Waals surface area contributed by atoms with E-state index in [-0.39, 0.29) is 5.91 Å². The first kappa shape index (κ1) is 20.6. The Kier molecular flexibility index (Phi) is 6.32. The zero-order chi connectivity index (χ0) is 21.0. The minimum atomic E-state index is -0.701. The number of aromatic nitrogens is 2. The molecule has 3 rings (SSSR count). The van der Waals surface area contributed by atoms with Crippen molar-refractivity contribution in [3.05, 3.63) is 58.7 Å². The molecule has 1 unspecified atom stereocenters. The van der Waals surface area contributed by atoms with E-state index in [1.165, 1.54) is 5.56 Å². The third-order valence-corrected chi connectivity index (χ3v) is 5.18. The number of hydrogen-bond acceptors (Lipinski definition) is 5. The third-order valence-electron chi connectivity index (χ3n) is 5.18. The second kappa shape index (κ2) is 8.90. The molecule has 6 nitrogen and oxygen atoms in total. The standard InChI is InChI=1S/C23H27N3O3/c1-6-17-11-12-18(7-2)19(13-17)21-22(26-29-25-21)24-23(27)16(5)28-20-10-8-9-14(3)15(20)4/h8-13,16H,6-7H2,1-5H3,(H,24,26,27). The number of nitrogens with zero attached hydrogens (tertiary/aromatic N) is 2. The summed E-state index contributed by atoms with van der Waals surface area (Å²) in [7, 11) is 0. The van der Waals surface area contributed by atoms with Crippen LogP contribution in [-0.2, 0) is 17.6 Å². The van der Waals surface area contributed by atoms with Crippen LogP contribution >= 0.6 is 0 Å². The van der Waals surface area contributed by atoms with Crippen LogP contribution in [0.2, 0.25) is 0 Å². The number of carbonyl (C=O) groups is 1. The van der Waals surface area contributed by atoms with Gasteiger partial charge in [0, 0.05) is 5.56 Å². The maximum Gasteiger partial charge on any atom is 0.266 e. The van der Waals surface area contributed by atoms with Crippen molar-refractivity contribution in [1.29, 1.82) is 0 Å². The largest absolute Gasteiger partial charge is 0.481 e. The zero-order valence-electron chi connectivity index (χ0n) is 17.6. The Labute approximate surface area is 171 Å². The number of ether oxygens (including phenoxy) is 1. The average Bonchev–Trinajstić information content (AvgIpc) is 3.18. The molecule has 0 fully saturated rings. The van der Waals surface area contributed by atoms with E-state index in [1.807, 2.05) is 32.0 Å². The predicted molar refractivity (Wildman–Crippen MR) is 113 cm³/mol. The lowest BCUT2D eigenvalue weighted by Crippen LogP contribution is -2.30. The van der Waals surface area contributed by atoms with Crippen LogP contribution in [0.5, 0.6) is 5.75 Å². The number of nitrogens with one attached hydrogen (secondary N) is 1. The van der Waals surface area contributed by atoms with E-state index >= 15 is 0 Å². The summed E-state index contributed by atoms with van der Waals surface area (Å²) in [6.07, 6.45) is 1.05. The van der Waals surface area contributed by atoms with Crippen molar-refractivity contribution < 1.29 is 14.2 Å². The van der Waals surface area contributed by atoms with E-state index in [9.17, 15) is 4.79 Å². The number of amides is 1. The van der Waals surface area contributed by atoms with Crippen LogP contribution in [0.4, 0.5) is 5.82 Å². The van der Waals surface area contributed by atoms with Gasteiger partial charge in [0.05, 0.1) is 0 Å². The molecule has 0 bridgehead atoms. The zero-order valence-corrected chi connectivity index (χ0v) is 17.6. The summed E-state index contributed by atoms with van der Waals surface area (Å²) in [5, 5.41) is 10.8. The maximum atomic E-state index is 12.7. The molecule has 2 aromatic carbocycles. The second-order valence-corrected chi connectivity index (χ2v) is 7.11. The first-order chi connectivity index (χ1) is 13.9.